The molecule has 8 heteroatoms. The molecule has 0 fully saturated rings. The van der Waals surface area contributed by atoms with E-state index in [1.807, 2.05) is 0 Å². The Kier molecular flexibility index (Phi) is 6.95. The van der Waals surface area contributed by atoms with Gasteiger partial charge in [-0.15, -0.1) is 0 Å². The third-order valence-electron chi connectivity index (χ3n) is 1.43. The lowest BCUT2D eigenvalue weighted by Gasteiger charge is -2.08. The molecular formula is C9H12F3NO4. The highest BCUT2D eigenvalue weighted by atomic mass is 19.4. The smallest absolute Gasteiger partial charge is 0.460 e. The van der Waals surface area contributed by atoms with Gasteiger partial charge in [0.1, 0.15) is 6.61 Å². The van der Waals surface area contributed by atoms with Gasteiger partial charge in [-0.3, -0.25) is 4.79 Å². The maximum Gasteiger partial charge on any atom is 0.471 e. The average Bonchev–Trinajstić information content (AvgIpc) is 2.25. The van der Waals surface area contributed by atoms with Crippen molar-refractivity contribution >= 4 is 11.9 Å². The van der Waals surface area contributed by atoms with E-state index in [1.165, 1.54) is 0 Å². The summed E-state index contributed by atoms with van der Waals surface area (Å²) in [4.78, 5) is 20.8. The fraction of sp³-hybridized carbons (Fsp3) is 0.556. The zero-order chi connectivity index (χ0) is 13.3. The third kappa shape index (κ3) is 8.26. The van der Waals surface area contributed by atoms with E-state index in [9.17, 15) is 22.8 Å². The lowest BCUT2D eigenvalue weighted by atomic mass is 10.5. The molecule has 0 aromatic heterocycles. The average molecular weight is 255 g/mol. The van der Waals surface area contributed by atoms with Gasteiger partial charge in [0.05, 0.1) is 13.2 Å². The minimum atomic E-state index is -4.89. The minimum absolute atomic E-state index is 0.0292. The van der Waals surface area contributed by atoms with Crippen molar-refractivity contribution in [3.05, 3.63) is 12.7 Å². The molecule has 0 heterocycles. The molecule has 17 heavy (non-hydrogen) atoms. The van der Waals surface area contributed by atoms with E-state index < -0.39 is 18.1 Å². The van der Waals surface area contributed by atoms with Crippen LogP contribution in [0.4, 0.5) is 13.2 Å². The van der Waals surface area contributed by atoms with Gasteiger partial charge in [-0.25, -0.2) is 4.79 Å². The molecule has 98 valence electrons. The van der Waals surface area contributed by atoms with Crippen LogP contribution in [0.25, 0.3) is 0 Å². The fourth-order valence-electron chi connectivity index (χ4n) is 0.699. The number of carbonyl (C=O) groups excluding carboxylic acids is 2. The second-order valence-corrected chi connectivity index (χ2v) is 2.74. The van der Waals surface area contributed by atoms with Crippen molar-refractivity contribution in [2.24, 2.45) is 0 Å². The van der Waals surface area contributed by atoms with E-state index >= 15 is 0 Å². The highest BCUT2D eigenvalue weighted by molar-refractivity contribution is 5.81. The standard InChI is InChI=1S/C9H12F3NO4/c1-2-7(14)17-6-5-16-4-3-13-8(15)9(10,11)12/h2H,1,3-6H2,(H,13,15). The molecular weight excluding hydrogens is 243 g/mol. The normalized spacial score (nSPS) is 10.8. The zero-order valence-electron chi connectivity index (χ0n) is 8.88. The number of alkyl halides is 3. The largest absolute Gasteiger partial charge is 0.471 e. The molecule has 0 aliphatic carbocycles. The summed E-state index contributed by atoms with van der Waals surface area (Å²) in [5.41, 5.74) is 0. The molecule has 0 aromatic carbocycles. The number of hydrogen-bond acceptors (Lipinski definition) is 4. The summed E-state index contributed by atoms with van der Waals surface area (Å²) in [5, 5.41) is 1.62. The number of carbonyl (C=O) groups is 2. The molecule has 1 N–H and O–H groups in total. The predicted octanol–water partition coefficient (Wildman–Crippen LogP) is 0.411. The Hall–Kier alpha value is -1.57. The Labute approximate surface area is 95.6 Å². The molecule has 0 saturated heterocycles. The lowest BCUT2D eigenvalue weighted by molar-refractivity contribution is -0.173. The molecule has 5 nitrogen and oxygen atoms in total. The first-order valence-corrected chi connectivity index (χ1v) is 4.60. The summed E-state index contributed by atoms with van der Waals surface area (Å²) < 4.78 is 44.4. The van der Waals surface area contributed by atoms with Crippen molar-refractivity contribution in [3.63, 3.8) is 0 Å². The van der Waals surface area contributed by atoms with Crippen molar-refractivity contribution < 1.29 is 32.2 Å². The van der Waals surface area contributed by atoms with E-state index in [-0.39, 0.29) is 26.4 Å². The highest BCUT2D eigenvalue weighted by Crippen LogP contribution is 2.13. The SMILES string of the molecule is C=CC(=O)OCCOCCNC(=O)C(F)(F)F. The highest BCUT2D eigenvalue weighted by Gasteiger charge is 2.38. The Morgan fingerprint density at radius 1 is 1.24 bits per heavy atom. The van der Waals surface area contributed by atoms with Gasteiger partial charge in [-0.05, 0) is 0 Å². The van der Waals surface area contributed by atoms with Crippen LogP contribution in [0.15, 0.2) is 12.7 Å². The summed E-state index contributed by atoms with van der Waals surface area (Å²) in [6.07, 6.45) is -3.91. The molecule has 0 aromatic rings. The van der Waals surface area contributed by atoms with Gasteiger partial charge in [0, 0.05) is 12.6 Å². The van der Waals surface area contributed by atoms with Crippen molar-refractivity contribution in [2.45, 2.75) is 6.18 Å². The van der Waals surface area contributed by atoms with Crippen molar-refractivity contribution in [3.8, 4) is 0 Å². The Morgan fingerprint density at radius 3 is 2.41 bits per heavy atom. The van der Waals surface area contributed by atoms with Crippen molar-refractivity contribution in [2.75, 3.05) is 26.4 Å². The number of rotatable bonds is 7. The maximum absolute atomic E-state index is 11.7. The molecule has 0 aliphatic rings. The summed E-state index contributed by atoms with van der Waals surface area (Å²) in [5.74, 6) is -2.63. The van der Waals surface area contributed by atoms with Crippen molar-refractivity contribution in [1.82, 2.24) is 5.32 Å². The van der Waals surface area contributed by atoms with Gasteiger partial charge in [-0.1, -0.05) is 6.58 Å². The molecule has 0 unspecified atom stereocenters. The van der Waals surface area contributed by atoms with Crippen LogP contribution in [0.5, 0.6) is 0 Å². The van der Waals surface area contributed by atoms with Crippen LogP contribution in [0.3, 0.4) is 0 Å². The van der Waals surface area contributed by atoms with Gasteiger partial charge >= 0.3 is 18.1 Å². The van der Waals surface area contributed by atoms with Crippen LogP contribution >= 0.6 is 0 Å². The third-order valence-corrected chi connectivity index (χ3v) is 1.43. The first-order chi connectivity index (χ1) is 7.88. The van der Waals surface area contributed by atoms with Crippen LogP contribution < -0.4 is 5.32 Å². The summed E-state index contributed by atoms with van der Waals surface area (Å²) >= 11 is 0. The summed E-state index contributed by atoms with van der Waals surface area (Å²) in [7, 11) is 0. The van der Waals surface area contributed by atoms with Crippen LogP contribution in [-0.2, 0) is 19.1 Å². The molecule has 0 rings (SSSR count). The number of esters is 1. The first kappa shape index (κ1) is 15.4. The molecule has 0 radical (unpaired) electrons. The van der Waals surface area contributed by atoms with Gasteiger partial charge < -0.3 is 14.8 Å². The molecule has 0 aliphatic heterocycles. The number of ether oxygens (including phenoxy) is 2. The minimum Gasteiger partial charge on any atom is -0.460 e. The Morgan fingerprint density at radius 2 is 1.88 bits per heavy atom. The fourth-order valence-corrected chi connectivity index (χ4v) is 0.699. The van der Waals surface area contributed by atoms with E-state index in [0.29, 0.717) is 0 Å². The number of nitrogens with one attached hydrogen (secondary N) is 1. The quantitative estimate of drug-likeness (QED) is 0.406. The molecule has 0 bridgehead atoms. The van der Waals surface area contributed by atoms with Crippen LogP contribution in [0.1, 0.15) is 0 Å². The molecule has 0 saturated carbocycles. The van der Waals surface area contributed by atoms with E-state index in [2.05, 4.69) is 11.3 Å². The first-order valence-electron chi connectivity index (χ1n) is 4.60. The van der Waals surface area contributed by atoms with Gasteiger partial charge in [0.15, 0.2) is 0 Å². The molecule has 0 spiro atoms. The van der Waals surface area contributed by atoms with Gasteiger partial charge in [-0.2, -0.15) is 13.2 Å². The Bertz CT molecular complexity index is 278. The number of hydrogen-bond donors (Lipinski definition) is 1. The summed E-state index contributed by atoms with van der Waals surface area (Å²) in [6.45, 7) is 2.79. The second kappa shape index (κ2) is 7.66. The number of amides is 1. The van der Waals surface area contributed by atoms with E-state index in [4.69, 9.17) is 4.74 Å². The van der Waals surface area contributed by atoms with Crippen LogP contribution in [-0.4, -0.2) is 44.4 Å². The van der Waals surface area contributed by atoms with Gasteiger partial charge in [0.25, 0.3) is 0 Å². The van der Waals surface area contributed by atoms with E-state index in [1.54, 1.807) is 5.32 Å². The second-order valence-electron chi connectivity index (χ2n) is 2.74. The zero-order valence-corrected chi connectivity index (χ0v) is 8.88. The Balaban J connectivity index is 3.39. The predicted molar refractivity (Wildman–Crippen MR) is 51.0 cm³/mol. The van der Waals surface area contributed by atoms with Crippen LogP contribution in [0.2, 0.25) is 0 Å². The molecule has 1 amide bonds. The maximum atomic E-state index is 11.7. The van der Waals surface area contributed by atoms with Crippen LogP contribution in [0, 0.1) is 0 Å². The molecule has 0 atom stereocenters. The lowest BCUT2D eigenvalue weighted by Crippen LogP contribution is -2.38. The summed E-state index contributed by atoms with van der Waals surface area (Å²) in [6, 6.07) is 0. The number of halogens is 3. The van der Waals surface area contributed by atoms with E-state index in [0.717, 1.165) is 6.08 Å². The van der Waals surface area contributed by atoms with Crippen molar-refractivity contribution in [1.29, 1.82) is 0 Å². The van der Waals surface area contributed by atoms with Gasteiger partial charge in [0.2, 0.25) is 0 Å². The monoisotopic (exact) mass is 255 g/mol. The topological polar surface area (TPSA) is 64.6 Å².